The van der Waals surface area contributed by atoms with Crippen molar-refractivity contribution in [1.82, 2.24) is 5.01 Å². The second-order valence-corrected chi connectivity index (χ2v) is 9.74. The van der Waals surface area contributed by atoms with Gasteiger partial charge in [0.2, 0.25) is 0 Å². The number of hydrazone groups is 1. The van der Waals surface area contributed by atoms with Crippen LogP contribution in [-0.2, 0) is 4.74 Å². The van der Waals surface area contributed by atoms with Gasteiger partial charge in [-0.25, -0.2) is 0 Å². The van der Waals surface area contributed by atoms with E-state index in [2.05, 4.69) is 50.8 Å². The largest absolute Gasteiger partial charge is 0.494 e. The fraction of sp³-hybridized carbons (Fsp3) is 0.556. The van der Waals surface area contributed by atoms with Gasteiger partial charge in [-0.05, 0) is 57.6 Å². The Labute approximate surface area is 199 Å². The maximum atomic E-state index is 9.56. The van der Waals surface area contributed by atoms with E-state index in [1.54, 1.807) is 11.8 Å². The molecule has 0 N–H and O–H groups in total. The molecule has 0 amide bonds. The predicted octanol–water partition coefficient (Wildman–Crippen LogP) is 7.50. The fourth-order valence-corrected chi connectivity index (χ4v) is 4.93. The highest BCUT2D eigenvalue weighted by atomic mass is 32.2. The number of unbranched alkanes of at least 4 members (excludes halogenated alkanes) is 2. The first-order valence-corrected chi connectivity index (χ1v) is 12.8. The number of hydrogen-bond acceptors (Lipinski definition) is 5. The molecule has 0 radical (unpaired) electrons. The van der Waals surface area contributed by atoms with Crippen LogP contribution in [-0.4, -0.2) is 28.6 Å². The van der Waals surface area contributed by atoms with E-state index in [9.17, 15) is 5.26 Å². The molecule has 2 atom stereocenters. The zero-order valence-corrected chi connectivity index (χ0v) is 21.3. The second-order valence-electron chi connectivity index (χ2n) is 8.67. The third-order valence-corrected chi connectivity index (χ3v) is 7.04. The average Bonchev–Trinajstić information content (AvgIpc) is 3.04. The van der Waals surface area contributed by atoms with E-state index < -0.39 is 0 Å². The lowest BCUT2D eigenvalue weighted by Gasteiger charge is -2.21. The molecule has 1 heterocycles. The highest BCUT2D eigenvalue weighted by molar-refractivity contribution is 8.15. The third kappa shape index (κ3) is 7.74. The lowest BCUT2D eigenvalue weighted by Crippen LogP contribution is -2.22. The molecule has 0 aromatic rings. The summed E-state index contributed by atoms with van der Waals surface area (Å²) >= 11 is 1.73. The van der Waals surface area contributed by atoms with Crippen LogP contribution < -0.4 is 0 Å². The summed E-state index contributed by atoms with van der Waals surface area (Å²) in [5.74, 6) is 0.576. The molecule has 2 aliphatic rings. The Kier molecular flexibility index (Phi) is 10.9. The predicted molar refractivity (Wildman–Crippen MR) is 138 cm³/mol. The van der Waals surface area contributed by atoms with E-state index in [1.807, 2.05) is 32.0 Å². The van der Waals surface area contributed by atoms with Gasteiger partial charge in [-0.2, -0.15) is 10.4 Å². The van der Waals surface area contributed by atoms with Crippen LogP contribution in [0.3, 0.4) is 0 Å². The van der Waals surface area contributed by atoms with Crippen molar-refractivity contribution in [2.45, 2.75) is 84.1 Å². The smallest absolute Gasteiger partial charge is 0.125 e. The Balaban J connectivity index is 2.02. The van der Waals surface area contributed by atoms with Gasteiger partial charge in [0.05, 0.1) is 12.2 Å². The number of rotatable bonds is 11. The summed E-state index contributed by atoms with van der Waals surface area (Å²) in [7, 11) is 2.01. The molecule has 0 aromatic carbocycles. The van der Waals surface area contributed by atoms with E-state index in [1.165, 1.54) is 36.8 Å². The molecular formula is C27H39N3OS. The minimum Gasteiger partial charge on any atom is -0.494 e. The van der Waals surface area contributed by atoms with Crippen LogP contribution in [0.15, 0.2) is 64.5 Å². The zero-order chi connectivity index (χ0) is 23.5. The summed E-state index contributed by atoms with van der Waals surface area (Å²) in [6.07, 6.45) is 18.3. The maximum absolute atomic E-state index is 9.56. The van der Waals surface area contributed by atoms with Crippen LogP contribution in [0.25, 0.3) is 0 Å². The summed E-state index contributed by atoms with van der Waals surface area (Å²) in [5, 5.41) is 17.4. The van der Waals surface area contributed by atoms with Crippen molar-refractivity contribution in [2.24, 2.45) is 11.0 Å². The number of thioether (sulfide) groups is 1. The summed E-state index contributed by atoms with van der Waals surface area (Å²) < 4.78 is 5.89. The van der Waals surface area contributed by atoms with Crippen molar-refractivity contribution >= 4 is 16.8 Å². The van der Waals surface area contributed by atoms with Crippen molar-refractivity contribution in [2.75, 3.05) is 7.05 Å². The molecule has 1 aliphatic heterocycles. The van der Waals surface area contributed by atoms with E-state index in [0.717, 1.165) is 35.6 Å². The Morgan fingerprint density at radius 1 is 1.38 bits per heavy atom. The molecular weight excluding hydrogens is 414 g/mol. The minimum atomic E-state index is -0.196. The van der Waals surface area contributed by atoms with Gasteiger partial charge in [-0.3, -0.25) is 5.01 Å². The van der Waals surface area contributed by atoms with Gasteiger partial charge in [0, 0.05) is 12.6 Å². The highest BCUT2D eigenvalue weighted by Crippen LogP contribution is 2.37. The first-order chi connectivity index (χ1) is 15.4. The Hall–Kier alpha value is -2.19. The number of likely N-dealkylation sites (N-methyl/N-ethyl adjacent to an activating group) is 1. The van der Waals surface area contributed by atoms with Gasteiger partial charge >= 0.3 is 0 Å². The Bertz CT molecular complexity index is 841. The number of hydrogen-bond donors (Lipinski definition) is 0. The topological polar surface area (TPSA) is 48.6 Å². The van der Waals surface area contributed by atoms with Gasteiger partial charge in [0.15, 0.2) is 0 Å². The third-order valence-electron chi connectivity index (χ3n) is 5.64. The van der Waals surface area contributed by atoms with Gasteiger partial charge < -0.3 is 4.74 Å². The minimum absolute atomic E-state index is 0.0644. The lowest BCUT2D eigenvalue weighted by molar-refractivity contribution is 0.128. The average molecular weight is 454 g/mol. The molecule has 2 unspecified atom stereocenters. The standard InChI is InChI=1S/C27H39N3OS/c1-7-9-10-13-22(8-2)14-11-12-21(5)26-29-30(6)27(32-26)23-15-16-24(19-28)25(18-17-23)31-20(3)4/h11-12,14,17-18,20,24,27H,5,7-10,13,15-16H2,1-4,6H3/b12-11-,22-14-. The molecule has 0 spiro atoms. The van der Waals surface area contributed by atoms with E-state index in [4.69, 9.17) is 9.84 Å². The monoisotopic (exact) mass is 453 g/mol. The molecule has 0 bridgehead atoms. The van der Waals surface area contributed by atoms with Crippen LogP contribution in [0.1, 0.15) is 72.6 Å². The van der Waals surface area contributed by atoms with Gasteiger partial charge in [-0.1, -0.05) is 74.9 Å². The number of nitrogens with zero attached hydrogens (tertiary/aromatic N) is 3. The number of allylic oxidation sites excluding steroid dienone is 7. The highest BCUT2D eigenvalue weighted by Gasteiger charge is 2.30. The quantitative estimate of drug-likeness (QED) is 0.240. The van der Waals surface area contributed by atoms with Crippen LogP contribution in [0.2, 0.25) is 0 Å². The van der Waals surface area contributed by atoms with Crippen LogP contribution in [0.4, 0.5) is 0 Å². The Morgan fingerprint density at radius 2 is 2.16 bits per heavy atom. The molecule has 0 saturated carbocycles. The second kappa shape index (κ2) is 13.4. The van der Waals surface area contributed by atoms with Crippen molar-refractivity contribution in [1.29, 1.82) is 5.26 Å². The molecule has 174 valence electrons. The summed E-state index contributed by atoms with van der Waals surface area (Å²) in [4.78, 5) is 0. The SMILES string of the molecule is C=C(/C=C\C=C(\CC)CCCCC)C1=NN(C)C(C2=CC=C(OC(C)C)C(C#N)CC2)S1. The van der Waals surface area contributed by atoms with Gasteiger partial charge in [-0.15, -0.1) is 0 Å². The van der Waals surface area contributed by atoms with Gasteiger partial charge in [0.25, 0.3) is 0 Å². The maximum Gasteiger partial charge on any atom is 0.125 e. The van der Waals surface area contributed by atoms with Crippen molar-refractivity contribution in [3.63, 3.8) is 0 Å². The fourth-order valence-electron chi connectivity index (χ4n) is 3.78. The summed E-state index contributed by atoms with van der Waals surface area (Å²) in [5.41, 5.74) is 3.69. The van der Waals surface area contributed by atoms with E-state index in [-0.39, 0.29) is 17.4 Å². The molecule has 32 heavy (non-hydrogen) atoms. The van der Waals surface area contributed by atoms with Crippen LogP contribution >= 0.6 is 11.8 Å². The van der Waals surface area contributed by atoms with Crippen LogP contribution in [0.5, 0.6) is 0 Å². The first-order valence-electron chi connectivity index (χ1n) is 11.9. The van der Waals surface area contributed by atoms with E-state index >= 15 is 0 Å². The normalized spacial score (nSPS) is 21.8. The van der Waals surface area contributed by atoms with E-state index in [0.29, 0.717) is 0 Å². The van der Waals surface area contributed by atoms with Crippen LogP contribution in [0, 0.1) is 17.2 Å². The zero-order valence-electron chi connectivity index (χ0n) is 20.4. The van der Waals surface area contributed by atoms with Crippen molar-refractivity contribution < 1.29 is 4.74 Å². The summed E-state index contributed by atoms with van der Waals surface area (Å²) in [6, 6.07) is 2.40. The van der Waals surface area contributed by atoms with Gasteiger partial charge in [0.1, 0.15) is 22.1 Å². The molecule has 5 heteroatoms. The molecule has 2 rings (SSSR count). The number of ether oxygens (including phenoxy) is 1. The number of nitriles is 1. The molecule has 1 aliphatic carbocycles. The van der Waals surface area contributed by atoms with Crippen molar-refractivity contribution in [3.8, 4) is 6.07 Å². The summed E-state index contributed by atoms with van der Waals surface area (Å²) in [6.45, 7) is 12.7. The molecule has 4 nitrogen and oxygen atoms in total. The molecule has 0 aromatic heterocycles. The molecule has 0 fully saturated rings. The lowest BCUT2D eigenvalue weighted by atomic mass is 10.0. The van der Waals surface area contributed by atoms with Crippen molar-refractivity contribution in [3.05, 3.63) is 59.4 Å². The first kappa shape index (κ1) is 26.1. The molecule has 0 saturated heterocycles. The Morgan fingerprint density at radius 3 is 2.81 bits per heavy atom.